The summed E-state index contributed by atoms with van der Waals surface area (Å²) in [5.74, 6) is -2.43. The van der Waals surface area contributed by atoms with Gasteiger partial charge in [-0.1, -0.05) is 51.4 Å². The number of halogens is 1. The molecule has 0 radical (unpaired) electrons. The number of ketones is 2. The van der Waals surface area contributed by atoms with Crippen molar-refractivity contribution in [2.75, 3.05) is 6.61 Å². The first-order chi connectivity index (χ1) is 17.3. The lowest BCUT2D eigenvalue weighted by atomic mass is 9.45. The van der Waals surface area contributed by atoms with E-state index in [-0.39, 0.29) is 36.9 Å². The van der Waals surface area contributed by atoms with Crippen molar-refractivity contribution in [2.24, 2.45) is 33.8 Å². The number of Topliss-reactive ketones (excluding diaryl/α,β-unsaturated/α-hetero) is 1. The van der Waals surface area contributed by atoms with Crippen molar-refractivity contribution >= 4 is 35.1 Å². The van der Waals surface area contributed by atoms with Gasteiger partial charge in [0, 0.05) is 29.6 Å². The Hall–Kier alpha value is -2.35. The maximum absolute atomic E-state index is 13.9. The number of carbonyl (C=O) groups is 4. The lowest BCUT2D eigenvalue weighted by molar-refractivity contribution is -0.197. The molecule has 8 atom stereocenters. The first-order valence-corrected chi connectivity index (χ1v) is 13.6. The topological polar surface area (TPSA) is 116 Å². The number of alkyl halides is 1. The van der Waals surface area contributed by atoms with Crippen LogP contribution in [0.1, 0.15) is 73.1 Å². The van der Waals surface area contributed by atoms with Crippen LogP contribution >= 0.6 is 11.6 Å². The van der Waals surface area contributed by atoms with Gasteiger partial charge in [-0.25, -0.2) is 0 Å². The van der Waals surface area contributed by atoms with E-state index in [9.17, 15) is 24.1 Å². The predicted octanol–water partition coefficient (Wildman–Crippen LogP) is 4.86. The van der Waals surface area contributed by atoms with Crippen LogP contribution in [0.4, 0.5) is 0 Å². The van der Waals surface area contributed by atoms with E-state index in [2.05, 4.69) is 5.18 Å². The average Bonchev–Trinajstić information content (AvgIpc) is 3.09. The normalized spacial score (nSPS) is 42.1. The van der Waals surface area contributed by atoms with Gasteiger partial charge >= 0.3 is 11.9 Å². The van der Waals surface area contributed by atoms with Gasteiger partial charge in [-0.05, 0) is 49.7 Å². The number of hydrogen-bond donors (Lipinski definition) is 0. The van der Waals surface area contributed by atoms with Crippen molar-refractivity contribution in [3.8, 4) is 0 Å². The van der Waals surface area contributed by atoms with E-state index >= 15 is 0 Å². The lowest BCUT2D eigenvalue weighted by Gasteiger charge is -2.63. The van der Waals surface area contributed by atoms with Gasteiger partial charge in [-0.2, -0.15) is 4.91 Å². The van der Waals surface area contributed by atoms with E-state index < -0.39 is 57.6 Å². The molecule has 0 aliphatic heterocycles. The molecule has 3 fully saturated rings. The standard InChI is InChI=1S/C28H36ClNO7/c1-6-23(33)36-15-22(32)28(37-24(34)7-2)16(3)12-20-19-9-8-17-13-18(31)10-11-25(17,4)27(19,29)21(30-35)14-26(20,28)5/h10-11,13,16,19-21H,6-9,12,14-15H2,1-5H3/t16-,19-,20-,21-,25-,26-,27-,28-/m0/s1. The van der Waals surface area contributed by atoms with Gasteiger partial charge in [0.1, 0.15) is 6.04 Å². The molecule has 0 unspecified atom stereocenters. The van der Waals surface area contributed by atoms with E-state index in [4.69, 9.17) is 21.1 Å². The largest absolute Gasteiger partial charge is 0.457 e. The number of nitrogens with zero attached hydrogens (tertiary/aromatic N) is 1. The van der Waals surface area contributed by atoms with Crippen LogP contribution in [-0.2, 0) is 28.7 Å². The van der Waals surface area contributed by atoms with E-state index in [0.717, 1.165) is 5.57 Å². The molecule has 4 aliphatic rings. The maximum atomic E-state index is 13.9. The van der Waals surface area contributed by atoms with Crippen LogP contribution in [0.5, 0.6) is 0 Å². The maximum Gasteiger partial charge on any atom is 0.306 e. The number of fused-ring (bicyclic) bond motifs is 5. The first kappa shape index (κ1) is 27.7. The van der Waals surface area contributed by atoms with Crippen molar-refractivity contribution in [2.45, 2.75) is 89.7 Å². The number of carbonyl (C=O) groups excluding carboxylic acids is 4. The van der Waals surface area contributed by atoms with Gasteiger partial charge in [0.25, 0.3) is 0 Å². The van der Waals surface area contributed by atoms with Crippen LogP contribution in [0.25, 0.3) is 0 Å². The fourth-order valence-electron chi connectivity index (χ4n) is 8.12. The second-order valence-corrected chi connectivity index (χ2v) is 12.1. The van der Waals surface area contributed by atoms with Crippen molar-refractivity contribution in [3.05, 3.63) is 28.7 Å². The van der Waals surface area contributed by atoms with Crippen LogP contribution < -0.4 is 0 Å². The number of allylic oxidation sites excluding steroid dienone is 4. The van der Waals surface area contributed by atoms with Crippen LogP contribution in [0.15, 0.2) is 29.0 Å². The SMILES string of the molecule is CCC(=O)OCC(=O)[C@@]1(OC(=O)CC)[C@@H](C)C[C@H]2[C@@H]3CCC4=CC(=O)C=C[C@]4(C)[C@@]3(Cl)[C@@H](N=O)C[C@@]21C. The Bertz CT molecular complexity index is 1100. The van der Waals surface area contributed by atoms with E-state index in [1.54, 1.807) is 19.9 Å². The van der Waals surface area contributed by atoms with E-state index in [1.165, 1.54) is 6.08 Å². The van der Waals surface area contributed by atoms with Gasteiger partial charge < -0.3 is 9.47 Å². The third-order valence-electron chi connectivity index (χ3n) is 9.94. The predicted molar refractivity (Wildman–Crippen MR) is 137 cm³/mol. The van der Waals surface area contributed by atoms with Gasteiger partial charge in [0.15, 0.2) is 18.0 Å². The molecule has 0 aromatic heterocycles. The number of esters is 2. The molecule has 0 N–H and O–H groups in total. The van der Waals surface area contributed by atoms with Crippen LogP contribution in [0, 0.1) is 33.5 Å². The lowest BCUT2D eigenvalue weighted by Crippen LogP contribution is -2.69. The molecule has 0 amide bonds. The highest BCUT2D eigenvalue weighted by atomic mass is 35.5. The number of rotatable bonds is 7. The summed E-state index contributed by atoms with van der Waals surface area (Å²) in [7, 11) is 0. The molecule has 0 saturated heterocycles. The minimum Gasteiger partial charge on any atom is -0.457 e. The molecule has 4 aliphatic carbocycles. The molecule has 3 saturated carbocycles. The zero-order chi connectivity index (χ0) is 27.4. The minimum atomic E-state index is -1.59. The number of ether oxygens (including phenoxy) is 2. The van der Waals surface area contributed by atoms with Gasteiger partial charge in [0.2, 0.25) is 5.78 Å². The summed E-state index contributed by atoms with van der Waals surface area (Å²) in [6.45, 7) is 8.51. The minimum absolute atomic E-state index is 0.0700. The molecule has 4 rings (SSSR count). The Kier molecular flexibility index (Phi) is 7.06. The summed E-state index contributed by atoms with van der Waals surface area (Å²) in [5, 5.41) is 3.54. The molecule has 0 heterocycles. The summed E-state index contributed by atoms with van der Waals surface area (Å²) < 4.78 is 11.3. The van der Waals surface area contributed by atoms with Crippen LogP contribution in [0.3, 0.4) is 0 Å². The quantitative estimate of drug-likeness (QED) is 0.260. The molecule has 0 aromatic rings. The Balaban J connectivity index is 1.84. The average molecular weight is 534 g/mol. The van der Waals surface area contributed by atoms with Crippen LogP contribution in [0.2, 0.25) is 0 Å². The molecule has 0 spiro atoms. The Morgan fingerprint density at radius 2 is 1.81 bits per heavy atom. The monoisotopic (exact) mass is 533 g/mol. The Labute approximate surface area is 222 Å². The van der Waals surface area contributed by atoms with E-state index in [1.807, 2.05) is 26.8 Å². The zero-order valence-electron chi connectivity index (χ0n) is 22.2. The van der Waals surface area contributed by atoms with Crippen LogP contribution in [-0.4, -0.2) is 46.6 Å². The fourth-order valence-corrected chi connectivity index (χ4v) is 8.68. The first-order valence-electron chi connectivity index (χ1n) is 13.2. The van der Waals surface area contributed by atoms with Crippen molar-refractivity contribution in [1.82, 2.24) is 0 Å². The number of nitroso groups, excluding NO2 is 1. The highest BCUT2D eigenvalue weighted by molar-refractivity contribution is 6.26. The summed E-state index contributed by atoms with van der Waals surface area (Å²) in [6.07, 6.45) is 7.02. The van der Waals surface area contributed by atoms with Crippen molar-refractivity contribution in [1.29, 1.82) is 0 Å². The third-order valence-corrected chi connectivity index (χ3v) is 10.9. The highest BCUT2D eigenvalue weighted by Crippen LogP contribution is 2.72. The molecular weight excluding hydrogens is 498 g/mol. The van der Waals surface area contributed by atoms with Gasteiger partial charge in [-0.15, -0.1) is 11.6 Å². The second-order valence-electron chi connectivity index (χ2n) is 11.5. The van der Waals surface area contributed by atoms with Crippen molar-refractivity contribution < 1.29 is 28.7 Å². The molecule has 0 aromatic carbocycles. The summed E-state index contributed by atoms with van der Waals surface area (Å²) >= 11 is 7.55. The highest BCUT2D eigenvalue weighted by Gasteiger charge is 2.77. The number of hydrogen-bond acceptors (Lipinski definition) is 8. The smallest absolute Gasteiger partial charge is 0.306 e. The molecule has 8 nitrogen and oxygen atoms in total. The molecule has 202 valence electrons. The molecule has 0 bridgehead atoms. The second kappa shape index (κ2) is 9.44. The Morgan fingerprint density at radius 1 is 1.14 bits per heavy atom. The van der Waals surface area contributed by atoms with Gasteiger partial charge in [0.05, 0.1) is 4.87 Å². The summed E-state index contributed by atoms with van der Waals surface area (Å²) in [5.41, 5.74) is -2.42. The molecule has 37 heavy (non-hydrogen) atoms. The third kappa shape index (κ3) is 3.68. The summed E-state index contributed by atoms with van der Waals surface area (Å²) in [4.78, 5) is 62.1. The summed E-state index contributed by atoms with van der Waals surface area (Å²) in [6, 6.07) is -0.914. The van der Waals surface area contributed by atoms with Crippen molar-refractivity contribution in [3.63, 3.8) is 0 Å². The van der Waals surface area contributed by atoms with E-state index in [0.29, 0.717) is 19.3 Å². The fraction of sp³-hybridized carbons (Fsp3) is 0.714. The molecular formula is C28H36ClNO7. The Morgan fingerprint density at radius 3 is 2.43 bits per heavy atom. The zero-order valence-corrected chi connectivity index (χ0v) is 22.9. The molecule has 9 heteroatoms. The van der Waals surface area contributed by atoms with Gasteiger partial charge in [-0.3, -0.25) is 19.2 Å².